The maximum atomic E-state index is 11.2. The second-order valence-corrected chi connectivity index (χ2v) is 9.79. The predicted octanol–water partition coefficient (Wildman–Crippen LogP) is 6.34. The van der Waals surface area contributed by atoms with Gasteiger partial charge in [-0.1, -0.05) is 103 Å². The van der Waals surface area contributed by atoms with Gasteiger partial charge in [-0.25, -0.2) is 9.48 Å². The molecule has 1 aliphatic rings. The number of carboxylic acid groups (broad SMARTS) is 1. The molecule has 5 heteroatoms. The first kappa shape index (κ1) is 29.6. The van der Waals surface area contributed by atoms with E-state index in [0.717, 1.165) is 25.1 Å². The van der Waals surface area contributed by atoms with Crippen LogP contribution in [0, 0.1) is 0 Å². The zero-order valence-electron chi connectivity index (χ0n) is 21.6. The van der Waals surface area contributed by atoms with Gasteiger partial charge in [0.1, 0.15) is 18.9 Å². The number of hydrogen-bond acceptors (Lipinski definition) is 4. The molecule has 1 aliphatic heterocycles. The number of quaternary nitrogens is 1. The van der Waals surface area contributed by atoms with Crippen LogP contribution in [0.15, 0.2) is 29.5 Å². The highest BCUT2D eigenvalue weighted by Gasteiger charge is 2.38. The molecular weight excluding hydrogens is 410 g/mol. The lowest BCUT2D eigenvalue weighted by atomic mass is 10.0. The number of carbonyl (C=O) groups is 1. The van der Waals surface area contributed by atoms with E-state index in [9.17, 15) is 9.90 Å². The smallest absolute Gasteiger partial charge is 0.209 e. The van der Waals surface area contributed by atoms with Crippen LogP contribution in [0.1, 0.15) is 129 Å². The Hall–Kier alpha value is -1.46. The third-order valence-corrected chi connectivity index (χ3v) is 6.80. The van der Waals surface area contributed by atoms with E-state index in [1.807, 2.05) is 6.92 Å². The van der Waals surface area contributed by atoms with Crippen LogP contribution in [0.4, 0.5) is 0 Å². The summed E-state index contributed by atoms with van der Waals surface area (Å²) < 4.78 is 0.110. The molecule has 0 saturated carbocycles. The first-order valence-corrected chi connectivity index (χ1v) is 13.8. The molecule has 2 N–H and O–H groups in total. The van der Waals surface area contributed by atoms with Gasteiger partial charge in [0.05, 0.1) is 12.2 Å². The van der Waals surface area contributed by atoms with Gasteiger partial charge >= 0.3 is 0 Å². The van der Waals surface area contributed by atoms with Gasteiger partial charge in [-0.2, -0.15) is 0 Å². The summed E-state index contributed by atoms with van der Waals surface area (Å²) in [5.74, 6) is -0.226. The molecule has 0 spiro atoms. The maximum absolute atomic E-state index is 11.2. The van der Waals surface area contributed by atoms with Crippen LogP contribution in [0.3, 0.4) is 0 Å². The normalized spacial score (nSPS) is 18.8. The highest BCUT2D eigenvalue weighted by atomic mass is 16.4. The van der Waals surface area contributed by atoms with Crippen molar-refractivity contribution in [1.29, 1.82) is 0 Å². The number of nitrogens with zero attached hydrogens (tertiary/aromatic N) is 2. The van der Waals surface area contributed by atoms with Crippen LogP contribution in [0.2, 0.25) is 0 Å². The first-order valence-electron chi connectivity index (χ1n) is 13.8. The van der Waals surface area contributed by atoms with Gasteiger partial charge in [0.2, 0.25) is 5.84 Å². The summed E-state index contributed by atoms with van der Waals surface area (Å²) in [6, 6.07) is 0. The average molecular weight is 462 g/mol. The largest absolute Gasteiger partial charge is 0.544 e. The SMILES string of the molecule is CCC/C=C/CCCCCCCCCCCCCCCCC1=NC=C[N+]1(CC(=O)[O-])C(C)N. The molecule has 0 aromatic rings. The van der Waals surface area contributed by atoms with Crippen molar-refractivity contribution in [3.8, 4) is 0 Å². The molecule has 0 aromatic heterocycles. The number of nitrogens with two attached hydrogens (primary N) is 1. The molecule has 0 radical (unpaired) electrons. The van der Waals surface area contributed by atoms with Crippen molar-refractivity contribution in [3.05, 3.63) is 24.6 Å². The fourth-order valence-electron chi connectivity index (χ4n) is 4.65. The summed E-state index contributed by atoms with van der Waals surface area (Å²) in [7, 11) is 0. The number of amidine groups is 1. The van der Waals surface area contributed by atoms with Crippen molar-refractivity contribution >= 4 is 11.8 Å². The van der Waals surface area contributed by atoms with Crippen molar-refractivity contribution in [3.63, 3.8) is 0 Å². The minimum Gasteiger partial charge on any atom is -0.544 e. The van der Waals surface area contributed by atoms with E-state index in [4.69, 9.17) is 5.73 Å². The fourth-order valence-corrected chi connectivity index (χ4v) is 4.65. The lowest BCUT2D eigenvalue weighted by Gasteiger charge is -2.36. The van der Waals surface area contributed by atoms with Gasteiger partial charge in [0.15, 0.2) is 0 Å². The standard InChI is InChI=1S/C28H51N3O2/c1-3-4-5-6-7-8-9-10-11-12-13-14-15-16-17-18-19-20-21-22-27-30-23-24-31(27,26(2)29)25-28(32)33/h5-6,23-24,26H,3-4,7-22,25,29H2,1-2H3/b6-5+. The number of carboxylic acids is 1. The van der Waals surface area contributed by atoms with E-state index in [0.29, 0.717) is 0 Å². The van der Waals surface area contributed by atoms with E-state index >= 15 is 0 Å². The van der Waals surface area contributed by atoms with Gasteiger partial charge in [0.25, 0.3) is 0 Å². The summed E-state index contributed by atoms with van der Waals surface area (Å²) in [6.45, 7) is 3.93. The van der Waals surface area contributed by atoms with Gasteiger partial charge in [-0.05, 0) is 25.7 Å². The zero-order chi connectivity index (χ0) is 24.2. The van der Waals surface area contributed by atoms with Crippen molar-refractivity contribution < 1.29 is 14.4 Å². The number of unbranched alkanes of at least 4 members (excludes halogenated alkanes) is 15. The Bertz CT molecular complexity index is 598. The molecule has 0 aliphatic carbocycles. The van der Waals surface area contributed by atoms with Gasteiger partial charge in [0, 0.05) is 13.3 Å². The number of hydrogen-bond donors (Lipinski definition) is 1. The number of rotatable bonds is 22. The molecule has 0 aromatic carbocycles. The summed E-state index contributed by atoms with van der Waals surface area (Å²) in [4.78, 5) is 15.6. The Kier molecular flexibility index (Phi) is 16.9. The molecule has 0 amide bonds. The summed E-state index contributed by atoms with van der Waals surface area (Å²) >= 11 is 0. The Morgan fingerprint density at radius 1 is 0.909 bits per heavy atom. The van der Waals surface area contributed by atoms with Crippen LogP contribution >= 0.6 is 0 Å². The second-order valence-electron chi connectivity index (χ2n) is 9.79. The van der Waals surface area contributed by atoms with E-state index in [-0.39, 0.29) is 17.2 Å². The first-order chi connectivity index (χ1) is 16.0. The minimum absolute atomic E-state index is 0.110. The van der Waals surface area contributed by atoms with Gasteiger partial charge in [-0.3, -0.25) is 5.73 Å². The van der Waals surface area contributed by atoms with Crippen LogP contribution in [-0.2, 0) is 4.79 Å². The molecule has 2 unspecified atom stereocenters. The van der Waals surface area contributed by atoms with Crippen molar-refractivity contribution in [1.82, 2.24) is 0 Å². The highest BCUT2D eigenvalue weighted by molar-refractivity contribution is 5.81. The molecule has 5 nitrogen and oxygen atoms in total. The van der Waals surface area contributed by atoms with Crippen LogP contribution in [-0.4, -0.2) is 29.0 Å². The summed E-state index contributed by atoms with van der Waals surface area (Å²) in [6.07, 6.45) is 31.0. The number of carbonyl (C=O) groups excluding carboxylic acids is 1. The van der Waals surface area contributed by atoms with Crippen LogP contribution < -0.4 is 10.8 Å². The van der Waals surface area contributed by atoms with E-state index in [2.05, 4.69) is 24.1 Å². The number of allylic oxidation sites excluding steroid dienone is 2. The molecule has 1 heterocycles. The molecule has 0 saturated heterocycles. The average Bonchev–Trinajstić information content (AvgIpc) is 3.18. The highest BCUT2D eigenvalue weighted by Crippen LogP contribution is 2.23. The lowest BCUT2D eigenvalue weighted by molar-refractivity contribution is -0.808. The lowest BCUT2D eigenvalue weighted by Crippen LogP contribution is -2.60. The van der Waals surface area contributed by atoms with Gasteiger partial charge < -0.3 is 9.90 Å². The molecular formula is C28H51N3O2. The van der Waals surface area contributed by atoms with Crippen molar-refractivity contribution in [2.24, 2.45) is 10.7 Å². The summed E-state index contributed by atoms with van der Waals surface area (Å²) in [5, 5.41) is 11.2. The third-order valence-electron chi connectivity index (χ3n) is 6.80. The van der Waals surface area contributed by atoms with Crippen LogP contribution in [0.25, 0.3) is 0 Å². The molecule has 33 heavy (non-hydrogen) atoms. The van der Waals surface area contributed by atoms with Gasteiger partial charge in [-0.15, -0.1) is 0 Å². The zero-order valence-corrected chi connectivity index (χ0v) is 21.6. The Morgan fingerprint density at radius 2 is 1.39 bits per heavy atom. The topological polar surface area (TPSA) is 78.5 Å². The Labute approximate surface area is 203 Å². The van der Waals surface area contributed by atoms with Crippen molar-refractivity contribution in [2.75, 3.05) is 6.54 Å². The van der Waals surface area contributed by atoms with E-state index in [1.165, 1.54) is 96.3 Å². The van der Waals surface area contributed by atoms with Crippen molar-refractivity contribution in [2.45, 2.75) is 136 Å². The maximum Gasteiger partial charge on any atom is 0.209 e. The fraction of sp³-hybridized carbons (Fsp3) is 0.786. The molecule has 0 fully saturated rings. The Balaban J connectivity index is 1.91. The number of aliphatic imine (C=N–C) groups is 1. The molecule has 1 rings (SSSR count). The summed E-state index contributed by atoms with van der Waals surface area (Å²) in [5.41, 5.74) is 6.09. The molecule has 2 atom stereocenters. The van der Waals surface area contributed by atoms with Crippen LogP contribution in [0.5, 0.6) is 0 Å². The minimum atomic E-state index is -1.09. The van der Waals surface area contributed by atoms with E-state index in [1.54, 1.807) is 12.4 Å². The molecule has 0 bridgehead atoms. The van der Waals surface area contributed by atoms with E-state index < -0.39 is 5.97 Å². The molecule has 190 valence electrons. The Morgan fingerprint density at radius 3 is 1.88 bits per heavy atom. The third kappa shape index (κ3) is 13.1. The second kappa shape index (κ2) is 18.9. The quantitative estimate of drug-likeness (QED) is 0.116. The predicted molar refractivity (Wildman–Crippen MR) is 138 cm³/mol. The number of aliphatic carboxylic acids is 1. The monoisotopic (exact) mass is 461 g/mol.